The lowest BCUT2D eigenvalue weighted by molar-refractivity contribution is 0.475. The maximum Gasteiger partial charge on any atom is 0.115 e. The molecule has 120 valence electrons. The number of hydrazine groups is 2. The van der Waals surface area contributed by atoms with Crippen LogP contribution in [0.15, 0.2) is 36.4 Å². The molecule has 5 heteroatoms. The van der Waals surface area contributed by atoms with Gasteiger partial charge in [-0.2, -0.15) is 0 Å². The minimum absolute atomic E-state index is 0.285. The van der Waals surface area contributed by atoms with E-state index in [0.29, 0.717) is 0 Å². The van der Waals surface area contributed by atoms with E-state index in [1.54, 1.807) is 12.1 Å². The summed E-state index contributed by atoms with van der Waals surface area (Å²) in [5.74, 6) is 0.285. The number of aromatic nitrogens is 1. The van der Waals surface area contributed by atoms with Crippen molar-refractivity contribution in [2.75, 3.05) is 10.9 Å². The Bertz CT molecular complexity index is 950. The van der Waals surface area contributed by atoms with E-state index in [9.17, 15) is 5.11 Å². The fraction of sp³-hybridized carbons (Fsp3) is 0.211. The van der Waals surface area contributed by atoms with Gasteiger partial charge in [-0.05, 0) is 73.2 Å². The maximum atomic E-state index is 9.58. The number of aromatic hydroxyl groups is 1. The summed E-state index contributed by atoms with van der Waals surface area (Å²) in [5.41, 5.74) is 17.4. The predicted molar refractivity (Wildman–Crippen MR) is 95.9 cm³/mol. The number of anilines is 2. The normalized spacial score (nSPS) is 15.5. The molecule has 5 nitrogen and oxygen atoms in total. The molecule has 1 aliphatic heterocycles. The minimum Gasteiger partial charge on any atom is -0.508 e. The van der Waals surface area contributed by atoms with Crippen LogP contribution in [0, 0.1) is 0 Å². The molecular formula is C19H18N4O. The SMILES string of the molecule is Oc1ccc(-c2nc3ccc4c(c3c3c2CCCC3)NNN4)cc1. The van der Waals surface area contributed by atoms with Crippen molar-refractivity contribution in [1.82, 2.24) is 10.5 Å². The largest absolute Gasteiger partial charge is 0.508 e. The molecule has 1 aromatic heterocycles. The molecule has 0 fully saturated rings. The van der Waals surface area contributed by atoms with Crippen LogP contribution in [0.2, 0.25) is 0 Å². The monoisotopic (exact) mass is 318 g/mol. The first kappa shape index (κ1) is 13.6. The van der Waals surface area contributed by atoms with Crippen molar-refractivity contribution in [3.05, 3.63) is 47.5 Å². The number of pyridine rings is 1. The van der Waals surface area contributed by atoms with Crippen molar-refractivity contribution >= 4 is 22.3 Å². The summed E-state index contributed by atoms with van der Waals surface area (Å²) < 4.78 is 0. The molecule has 2 aromatic carbocycles. The molecule has 0 amide bonds. The molecule has 0 spiro atoms. The van der Waals surface area contributed by atoms with Gasteiger partial charge in [-0.3, -0.25) is 0 Å². The molecule has 0 saturated heterocycles. The molecule has 0 bridgehead atoms. The maximum absolute atomic E-state index is 9.58. The molecule has 4 N–H and O–H groups in total. The summed E-state index contributed by atoms with van der Waals surface area (Å²) in [6, 6.07) is 11.5. The Morgan fingerprint density at radius 3 is 2.50 bits per heavy atom. The third-order valence-electron chi connectivity index (χ3n) is 5.00. The Kier molecular flexibility index (Phi) is 2.90. The van der Waals surface area contributed by atoms with Crippen LogP contribution in [0.25, 0.3) is 22.2 Å². The van der Waals surface area contributed by atoms with Crippen LogP contribution >= 0.6 is 0 Å². The number of phenols is 1. The summed E-state index contributed by atoms with van der Waals surface area (Å²) in [7, 11) is 0. The van der Waals surface area contributed by atoms with Gasteiger partial charge in [0.2, 0.25) is 0 Å². The molecule has 24 heavy (non-hydrogen) atoms. The van der Waals surface area contributed by atoms with Crippen LogP contribution in [0.3, 0.4) is 0 Å². The summed E-state index contributed by atoms with van der Waals surface area (Å²) in [6.45, 7) is 0. The van der Waals surface area contributed by atoms with Crippen LogP contribution in [0.4, 0.5) is 11.4 Å². The Hall–Kier alpha value is -2.79. The summed E-state index contributed by atoms with van der Waals surface area (Å²) in [6.07, 6.45) is 4.55. The number of benzene rings is 2. The summed E-state index contributed by atoms with van der Waals surface area (Å²) >= 11 is 0. The van der Waals surface area contributed by atoms with Crippen LogP contribution in [-0.2, 0) is 12.8 Å². The van der Waals surface area contributed by atoms with Gasteiger partial charge in [-0.25, -0.2) is 4.98 Å². The second-order valence-electron chi connectivity index (χ2n) is 6.43. The first-order valence-corrected chi connectivity index (χ1v) is 8.36. The Balaban J connectivity index is 1.83. The highest BCUT2D eigenvalue weighted by Crippen LogP contribution is 2.41. The fourth-order valence-electron chi connectivity index (χ4n) is 3.87. The quantitative estimate of drug-likeness (QED) is 0.550. The van der Waals surface area contributed by atoms with Crippen molar-refractivity contribution in [3.63, 3.8) is 0 Å². The van der Waals surface area contributed by atoms with Gasteiger partial charge in [0.15, 0.2) is 0 Å². The van der Waals surface area contributed by atoms with E-state index in [0.717, 1.165) is 41.0 Å². The zero-order valence-electron chi connectivity index (χ0n) is 13.2. The molecule has 5 rings (SSSR count). The molecular weight excluding hydrogens is 300 g/mol. The average molecular weight is 318 g/mol. The molecule has 3 aromatic rings. The second-order valence-corrected chi connectivity index (χ2v) is 6.43. The highest BCUT2D eigenvalue weighted by molar-refractivity contribution is 6.03. The number of hydrogen-bond donors (Lipinski definition) is 4. The van der Waals surface area contributed by atoms with Gasteiger partial charge < -0.3 is 16.0 Å². The van der Waals surface area contributed by atoms with Crippen molar-refractivity contribution in [2.45, 2.75) is 25.7 Å². The number of rotatable bonds is 1. The van der Waals surface area contributed by atoms with E-state index >= 15 is 0 Å². The average Bonchev–Trinajstić information content (AvgIpc) is 3.10. The van der Waals surface area contributed by atoms with Gasteiger partial charge >= 0.3 is 0 Å². The van der Waals surface area contributed by atoms with E-state index in [1.165, 1.54) is 29.4 Å². The minimum atomic E-state index is 0.285. The fourth-order valence-corrected chi connectivity index (χ4v) is 3.87. The van der Waals surface area contributed by atoms with E-state index in [1.807, 2.05) is 18.2 Å². The van der Waals surface area contributed by atoms with Crippen LogP contribution < -0.4 is 16.4 Å². The zero-order chi connectivity index (χ0) is 16.1. The van der Waals surface area contributed by atoms with Crippen molar-refractivity contribution in [2.24, 2.45) is 0 Å². The van der Waals surface area contributed by atoms with Crippen LogP contribution in [-0.4, -0.2) is 10.1 Å². The van der Waals surface area contributed by atoms with E-state index in [4.69, 9.17) is 4.98 Å². The molecule has 0 unspecified atom stereocenters. The highest BCUT2D eigenvalue weighted by atomic mass is 16.3. The van der Waals surface area contributed by atoms with E-state index in [2.05, 4.69) is 22.5 Å². The first-order chi connectivity index (χ1) is 11.8. The lowest BCUT2D eigenvalue weighted by Crippen LogP contribution is -2.19. The third-order valence-corrected chi connectivity index (χ3v) is 5.00. The number of phenolic OH excluding ortho intramolecular Hbond substituents is 1. The molecule has 0 saturated carbocycles. The Morgan fingerprint density at radius 2 is 1.67 bits per heavy atom. The number of hydrogen-bond acceptors (Lipinski definition) is 5. The first-order valence-electron chi connectivity index (χ1n) is 8.36. The van der Waals surface area contributed by atoms with Gasteiger partial charge in [0, 0.05) is 10.9 Å². The lowest BCUT2D eigenvalue weighted by Gasteiger charge is -2.22. The molecule has 1 aliphatic carbocycles. The Labute approximate surface area is 139 Å². The second kappa shape index (κ2) is 5.11. The van der Waals surface area contributed by atoms with Crippen molar-refractivity contribution < 1.29 is 5.11 Å². The standard InChI is InChI=1S/C19H18N4O/c24-12-7-5-11(6-8-12)18-14-4-2-1-3-13(14)17-15(20-18)9-10-16-19(17)22-23-21-16/h5-10,21-24H,1-4H2. The zero-order valence-corrected chi connectivity index (χ0v) is 13.2. The van der Waals surface area contributed by atoms with Gasteiger partial charge in [-0.15, -0.1) is 5.53 Å². The highest BCUT2D eigenvalue weighted by Gasteiger charge is 2.23. The van der Waals surface area contributed by atoms with Gasteiger partial charge in [-0.1, -0.05) is 0 Å². The van der Waals surface area contributed by atoms with Crippen LogP contribution in [0.5, 0.6) is 5.75 Å². The third kappa shape index (κ3) is 1.95. The van der Waals surface area contributed by atoms with Crippen molar-refractivity contribution in [1.29, 1.82) is 0 Å². The number of nitrogens with zero attached hydrogens (tertiary/aromatic N) is 1. The smallest absolute Gasteiger partial charge is 0.115 e. The molecule has 2 heterocycles. The summed E-state index contributed by atoms with van der Waals surface area (Å²) in [5, 5.41) is 10.8. The number of aryl methyl sites for hydroxylation is 1. The Morgan fingerprint density at radius 1 is 0.875 bits per heavy atom. The van der Waals surface area contributed by atoms with E-state index < -0.39 is 0 Å². The van der Waals surface area contributed by atoms with Gasteiger partial charge in [0.25, 0.3) is 0 Å². The lowest BCUT2D eigenvalue weighted by atomic mass is 9.85. The van der Waals surface area contributed by atoms with E-state index in [-0.39, 0.29) is 5.75 Å². The predicted octanol–water partition coefficient (Wildman–Crippen LogP) is 3.74. The topological polar surface area (TPSA) is 69.2 Å². The number of fused-ring (bicyclic) bond motifs is 5. The molecule has 0 atom stereocenters. The molecule has 0 radical (unpaired) electrons. The summed E-state index contributed by atoms with van der Waals surface area (Å²) in [4.78, 5) is 4.99. The number of nitrogens with one attached hydrogen (secondary N) is 3. The van der Waals surface area contributed by atoms with Gasteiger partial charge in [0.1, 0.15) is 5.75 Å². The molecule has 2 aliphatic rings. The van der Waals surface area contributed by atoms with Crippen molar-refractivity contribution in [3.8, 4) is 17.0 Å². The van der Waals surface area contributed by atoms with Gasteiger partial charge in [0.05, 0.1) is 22.6 Å². The van der Waals surface area contributed by atoms with Crippen LogP contribution in [0.1, 0.15) is 24.0 Å².